The average molecular weight is 484 g/mol. The van der Waals surface area contributed by atoms with E-state index in [0.29, 0.717) is 17.1 Å². The lowest BCUT2D eigenvalue weighted by molar-refractivity contribution is -0.145. The first kappa shape index (κ1) is 25.0. The summed E-state index contributed by atoms with van der Waals surface area (Å²) in [4.78, 5) is 26.6. The molecule has 1 heterocycles. The number of thioether (sulfide) groups is 1. The molecule has 1 atom stereocenters. The van der Waals surface area contributed by atoms with Crippen LogP contribution < -0.4 is 4.74 Å². The standard InChI is InChI=1S/C26H29NO4S2/c1-2-3-4-5-6-10-17-31-21-15-13-19(14-16-21)18-22-24(28)27(26(32)33-22)23(25(29)30)20-11-8-7-9-12-20/h7-9,11-16,18,23H,2-6,10,17H2,1H3,(H,29,30)/b22-18-/t23-/m0/s1. The molecular formula is C26H29NO4S2. The van der Waals surface area contributed by atoms with Gasteiger partial charge in [0.1, 0.15) is 10.1 Å². The number of nitrogens with zero attached hydrogens (tertiary/aromatic N) is 1. The van der Waals surface area contributed by atoms with Crippen LogP contribution in [-0.2, 0) is 9.59 Å². The molecular weight excluding hydrogens is 454 g/mol. The lowest BCUT2D eigenvalue weighted by Gasteiger charge is -2.23. The Morgan fingerprint density at radius 2 is 1.73 bits per heavy atom. The molecule has 1 amide bonds. The van der Waals surface area contributed by atoms with E-state index < -0.39 is 17.9 Å². The number of carboxylic acids is 1. The van der Waals surface area contributed by atoms with E-state index in [1.807, 2.05) is 24.3 Å². The highest BCUT2D eigenvalue weighted by atomic mass is 32.2. The smallest absolute Gasteiger partial charge is 0.331 e. The second-order valence-corrected chi connectivity index (χ2v) is 9.56. The fourth-order valence-electron chi connectivity index (χ4n) is 3.62. The van der Waals surface area contributed by atoms with Crippen molar-refractivity contribution < 1.29 is 19.4 Å². The van der Waals surface area contributed by atoms with Crippen molar-refractivity contribution in [2.24, 2.45) is 0 Å². The van der Waals surface area contributed by atoms with Gasteiger partial charge < -0.3 is 9.84 Å². The number of benzene rings is 2. The molecule has 2 aromatic carbocycles. The highest BCUT2D eigenvalue weighted by molar-refractivity contribution is 8.26. The van der Waals surface area contributed by atoms with E-state index in [-0.39, 0.29) is 4.32 Å². The predicted molar refractivity (Wildman–Crippen MR) is 137 cm³/mol. The zero-order chi connectivity index (χ0) is 23.6. The lowest BCUT2D eigenvalue weighted by atomic mass is 10.1. The summed E-state index contributed by atoms with van der Waals surface area (Å²) in [5.74, 6) is -0.724. The molecule has 0 unspecified atom stereocenters. The van der Waals surface area contributed by atoms with E-state index in [1.165, 1.54) is 37.0 Å². The Morgan fingerprint density at radius 3 is 2.39 bits per heavy atom. The van der Waals surface area contributed by atoms with Crippen LogP contribution in [0.1, 0.15) is 62.6 Å². The molecule has 0 aromatic heterocycles. The first-order valence-electron chi connectivity index (χ1n) is 11.3. The van der Waals surface area contributed by atoms with Gasteiger partial charge in [0, 0.05) is 0 Å². The number of carbonyl (C=O) groups is 2. The number of hydrogen-bond acceptors (Lipinski definition) is 5. The molecule has 0 spiro atoms. The number of thiocarbonyl (C=S) groups is 1. The van der Waals surface area contributed by atoms with Crippen LogP contribution in [-0.4, -0.2) is 32.8 Å². The quantitative estimate of drug-likeness (QED) is 0.212. The van der Waals surface area contributed by atoms with Crippen LogP contribution in [0.5, 0.6) is 5.75 Å². The van der Waals surface area contributed by atoms with Crippen LogP contribution in [0.25, 0.3) is 6.08 Å². The number of hydrogen-bond donors (Lipinski definition) is 1. The van der Waals surface area contributed by atoms with Crippen LogP contribution in [0.4, 0.5) is 0 Å². The Hall–Kier alpha value is -2.64. The molecule has 3 rings (SSSR count). The average Bonchev–Trinajstić information content (AvgIpc) is 3.08. The first-order valence-corrected chi connectivity index (χ1v) is 12.5. The molecule has 5 nitrogen and oxygen atoms in total. The Morgan fingerprint density at radius 1 is 1.06 bits per heavy atom. The second-order valence-electron chi connectivity index (χ2n) is 7.89. The second kappa shape index (κ2) is 12.6. The monoisotopic (exact) mass is 483 g/mol. The number of rotatable bonds is 12. The summed E-state index contributed by atoms with van der Waals surface area (Å²) in [7, 11) is 0. The maximum atomic E-state index is 13.0. The van der Waals surface area contributed by atoms with Crippen LogP contribution in [0.2, 0.25) is 0 Å². The third-order valence-corrected chi connectivity index (χ3v) is 6.71. The van der Waals surface area contributed by atoms with E-state index in [2.05, 4.69) is 6.92 Å². The molecule has 0 aliphatic carbocycles. The van der Waals surface area contributed by atoms with E-state index in [9.17, 15) is 14.7 Å². The molecule has 2 aromatic rings. The Kier molecular flexibility index (Phi) is 9.51. The molecule has 1 fully saturated rings. The van der Waals surface area contributed by atoms with Gasteiger partial charge in [-0.25, -0.2) is 4.79 Å². The molecule has 1 saturated heterocycles. The molecule has 1 aliphatic heterocycles. The SMILES string of the molecule is CCCCCCCCOc1ccc(/C=C2\SC(=S)N([C@H](C(=O)O)c3ccccc3)C2=O)cc1. The van der Waals surface area contributed by atoms with Crippen molar-refractivity contribution in [2.45, 2.75) is 51.5 Å². The summed E-state index contributed by atoms with van der Waals surface area (Å²) in [6.07, 6.45) is 9.04. The summed E-state index contributed by atoms with van der Waals surface area (Å²) in [6.45, 7) is 2.91. The summed E-state index contributed by atoms with van der Waals surface area (Å²) >= 11 is 6.48. The molecule has 33 heavy (non-hydrogen) atoms. The highest BCUT2D eigenvalue weighted by Gasteiger charge is 2.41. The molecule has 7 heteroatoms. The maximum Gasteiger partial charge on any atom is 0.331 e. The van der Waals surface area contributed by atoms with Crippen molar-refractivity contribution in [1.29, 1.82) is 0 Å². The van der Waals surface area contributed by atoms with Crippen LogP contribution in [0, 0.1) is 0 Å². The highest BCUT2D eigenvalue weighted by Crippen LogP contribution is 2.38. The summed E-state index contributed by atoms with van der Waals surface area (Å²) in [5.41, 5.74) is 1.34. The van der Waals surface area contributed by atoms with Gasteiger partial charge >= 0.3 is 5.97 Å². The van der Waals surface area contributed by atoms with Crippen molar-refractivity contribution in [3.05, 3.63) is 70.6 Å². The van der Waals surface area contributed by atoms with E-state index in [1.54, 1.807) is 36.4 Å². The third kappa shape index (κ3) is 6.92. The van der Waals surface area contributed by atoms with Gasteiger partial charge in [0.05, 0.1) is 11.5 Å². The van der Waals surface area contributed by atoms with Gasteiger partial charge in [-0.1, -0.05) is 105 Å². The molecule has 0 saturated carbocycles. The number of carbonyl (C=O) groups excluding carboxylic acids is 1. The summed E-state index contributed by atoms with van der Waals surface area (Å²) in [6, 6.07) is 15.0. The zero-order valence-electron chi connectivity index (χ0n) is 18.7. The van der Waals surface area contributed by atoms with Crippen LogP contribution in [0.15, 0.2) is 59.5 Å². The minimum absolute atomic E-state index is 0.237. The van der Waals surface area contributed by atoms with Crippen LogP contribution >= 0.6 is 24.0 Å². The van der Waals surface area contributed by atoms with E-state index in [4.69, 9.17) is 17.0 Å². The van der Waals surface area contributed by atoms with Gasteiger partial charge in [-0.05, 0) is 35.8 Å². The summed E-state index contributed by atoms with van der Waals surface area (Å²) in [5, 5.41) is 9.78. The molecule has 174 valence electrons. The number of carboxylic acid groups (broad SMARTS) is 1. The molecule has 1 aliphatic rings. The Balaban J connectivity index is 1.61. The minimum atomic E-state index is -1.15. The normalized spacial score (nSPS) is 15.8. The Bertz CT molecular complexity index is 989. The van der Waals surface area contributed by atoms with Crippen molar-refractivity contribution in [2.75, 3.05) is 6.61 Å². The van der Waals surface area contributed by atoms with Crippen molar-refractivity contribution in [1.82, 2.24) is 4.90 Å². The number of ether oxygens (including phenoxy) is 1. The van der Waals surface area contributed by atoms with Gasteiger partial charge in [-0.15, -0.1) is 0 Å². The fourth-order valence-corrected chi connectivity index (χ4v) is 4.94. The fraction of sp³-hybridized carbons (Fsp3) is 0.346. The van der Waals surface area contributed by atoms with Gasteiger partial charge in [0.2, 0.25) is 0 Å². The molecule has 0 radical (unpaired) electrons. The van der Waals surface area contributed by atoms with Gasteiger partial charge in [0.25, 0.3) is 5.91 Å². The topological polar surface area (TPSA) is 66.8 Å². The van der Waals surface area contributed by atoms with Crippen LogP contribution in [0.3, 0.4) is 0 Å². The first-order chi connectivity index (χ1) is 16.0. The van der Waals surface area contributed by atoms with Gasteiger partial charge in [0.15, 0.2) is 6.04 Å². The van der Waals surface area contributed by atoms with Gasteiger partial charge in [-0.2, -0.15) is 0 Å². The number of unbranched alkanes of at least 4 members (excludes halogenated alkanes) is 5. The Labute approximate surface area is 204 Å². The largest absolute Gasteiger partial charge is 0.494 e. The molecule has 0 bridgehead atoms. The number of amides is 1. The van der Waals surface area contributed by atoms with Gasteiger partial charge in [-0.3, -0.25) is 9.69 Å². The maximum absolute atomic E-state index is 13.0. The minimum Gasteiger partial charge on any atom is -0.494 e. The van der Waals surface area contributed by atoms with Crippen molar-refractivity contribution >= 4 is 46.3 Å². The lowest BCUT2D eigenvalue weighted by Crippen LogP contribution is -2.37. The molecule has 1 N–H and O–H groups in total. The number of aliphatic carboxylic acids is 1. The summed E-state index contributed by atoms with van der Waals surface area (Å²) < 4.78 is 6.05. The third-order valence-electron chi connectivity index (χ3n) is 5.38. The van der Waals surface area contributed by atoms with Crippen molar-refractivity contribution in [3.63, 3.8) is 0 Å². The predicted octanol–water partition coefficient (Wildman–Crippen LogP) is 6.45. The van der Waals surface area contributed by atoms with E-state index in [0.717, 1.165) is 29.5 Å². The van der Waals surface area contributed by atoms with Crippen molar-refractivity contribution in [3.8, 4) is 5.75 Å². The zero-order valence-corrected chi connectivity index (χ0v) is 20.4. The van der Waals surface area contributed by atoms with E-state index >= 15 is 0 Å².